The highest BCUT2D eigenvalue weighted by Gasteiger charge is 2.43. The molecule has 0 spiro atoms. The summed E-state index contributed by atoms with van der Waals surface area (Å²) in [5.74, 6) is -1.69. The molecule has 112 valence electrons. The topological polar surface area (TPSA) is 86.7 Å². The molecule has 2 rings (SSSR count). The number of nitrogens with one attached hydrogen (secondary N) is 1. The van der Waals surface area contributed by atoms with E-state index in [0.29, 0.717) is 44.8 Å². The normalized spacial score (nSPS) is 30.8. The number of nitrogens with zero attached hydrogens (tertiary/aromatic N) is 1. The van der Waals surface area contributed by atoms with Gasteiger partial charge in [0, 0.05) is 26.1 Å². The monoisotopic (exact) mass is 282 g/mol. The summed E-state index contributed by atoms with van der Waals surface area (Å²) in [7, 11) is 0. The van der Waals surface area contributed by atoms with Crippen LogP contribution in [0.2, 0.25) is 0 Å². The lowest BCUT2D eigenvalue weighted by Crippen LogP contribution is -2.41. The van der Waals surface area contributed by atoms with E-state index in [1.807, 2.05) is 6.92 Å². The lowest BCUT2D eigenvalue weighted by atomic mass is 9.94. The number of carboxylic acids is 1. The average molecular weight is 282 g/mol. The van der Waals surface area contributed by atoms with Crippen molar-refractivity contribution in [2.75, 3.05) is 19.6 Å². The molecule has 2 N–H and O–H groups in total. The predicted octanol–water partition coefficient (Wildman–Crippen LogP) is 0.472. The summed E-state index contributed by atoms with van der Waals surface area (Å²) >= 11 is 0. The fraction of sp³-hybridized carbons (Fsp3) is 0.786. The van der Waals surface area contributed by atoms with E-state index in [4.69, 9.17) is 0 Å². The van der Waals surface area contributed by atoms with Crippen molar-refractivity contribution in [3.05, 3.63) is 0 Å². The second-order valence-corrected chi connectivity index (χ2v) is 5.72. The van der Waals surface area contributed by atoms with Crippen molar-refractivity contribution in [3.63, 3.8) is 0 Å². The van der Waals surface area contributed by atoms with Gasteiger partial charge in [-0.15, -0.1) is 0 Å². The van der Waals surface area contributed by atoms with Crippen molar-refractivity contribution >= 4 is 17.8 Å². The molecular formula is C14H22N2O4. The quantitative estimate of drug-likeness (QED) is 0.788. The van der Waals surface area contributed by atoms with Gasteiger partial charge in [0.1, 0.15) is 0 Å². The van der Waals surface area contributed by atoms with Crippen LogP contribution in [0.5, 0.6) is 0 Å². The van der Waals surface area contributed by atoms with Gasteiger partial charge in [0.05, 0.1) is 11.8 Å². The molecule has 1 heterocycles. The smallest absolute Gasteiger partial charge is 0.307 e. The van der Waals surface area contributed by atoms with Crippen LogP contribution >= 0.6 is 0 Å². The molecule has 1 unspecified atom stereocenters. The Kier molecular flexibility index (Phi) is 4.62. The van der Waals surface area contributed by atoms with Crippen LogP contribution < -0.4 is 5.32 Å². The lowest BCUT2D eigenvalue weighted by molar-refractivity contribution is -0.149. The van der Waals surface area contributed by atoms with Crippen molar-refractivity contribution < 1.29 is 19.5 Å². The number of hydrogen-bond acceptors (Lipinski definition) is 3. The van der Waals surface area contributed by atoms with E-state index in [9.17, 15) is 19.5 Å². The van der Waals surface area contributed by atoms with Crippen LogP contribution in [0, 0.1) is 17.8 Å². The van der Waals surface area contributed by atoms with Gasteiger partial charge in [0.25, 0.3) is 0 Å². The first-order chi connectivity index (χ1) is 9.52. The summed E-state index contributed by atoms with van der Waals surface area (Å²) in [6.45, 7) is 3.35. The Morgan fingerprint density at radius 2 is 2.00 bits per heavy atom. The minimum Gasteiger partial charge on any atom is -0.481 e. The van der Waals surface area contributed by atoms with Crippen molar-refractivity contribution in [1.82, 2.24) is 10.2 Å². The van der Waals surface area contributed by atoms with Gasteiger partial charge in [-0.05, 0) is 18.8 Å². The highest BCUT2D eigenvalue weighted by atomic mass is 16.4. The number of carboxylic acid groups (broad SMARTS) is 1. The summed E-state index contributed by atoms with van der Waals surface area (Å²) in [5.41, 5.74) is 0. The average Bonchev–Trinajstić information content (AvgIpc) is 2.75. The zero-order valence-electron chi connectivity index (χ0n) is 11.8. The maximum atomic E-state index is 12.6. The molecule has 0 radical (unpaired) electrons. The lowest BCUT2D eigenvalue weighted by Gasteiger charge is -2.25. The van der Waals surface area contributed by atoms with Crippen LogP contribution in [-0.2, 0) is 14.4 Å². The first-order valence-electron chi connectivity index (χ1n) is 7.31. The summed E-state index contributed by atoms with van der Waals surface area (Å²) < 4.78 is 0. The number of rotatable bonds is 3. The fourth-order valence-corrected chi connectivity index (χ4v) is 3.24. The minimum atomic E-state index is -0.872. The zero-order valence-corrected chi connectivity index (χ0v) is 11.8. The number of amides is 2. The van der Waals surface area contributed by atoms with Crippen molar-refractivity contribution in [2.45, 2.75) is 32.6 Å². The summed E-state index contributed by atoms with van der Waals surface area (Å²) in [5, 5.41) is 12.0. The van der Waals surface area contributed by atoms with E-state index in [1.54, 1.807) is 4.90 Å². The second kappa shape index (κ2) is 6.24. The Balaban J connectivity index is 2.06. The van der Waals surface area contributed by atoms with Gasteiger partial charge in [0.15, 0.2) is 0 Å². The van der Waals surface area contributed by atoms with E-state index in [1.165, 1.54) is 0 Å². The Bertz CT molecular complexity index is 410. The molecule has 0 aromatic heterocycles. The Labute approximate surface area is 118 Å². The number of hydrogen-bond donors (Lipinski definition) is 2. The molecule has 0 aromatic carbocycles. The summed E-state index contributed by atoms with van der Waals surface area (Å²) in [4.78, 5) is 36.9. The zero-order chi connectivity index (χ0) is 14.7. The van der Waals surface area contributed by atoms with E-state index in [0.717, 1.165) is 6.42 Å². The van der Waals surface area contributed by atoms with Crippen LogP contribution in [-0.4, -0.2) is 47.4 Å². The molecule has 3 atom stereocenters. The molecule has 6 nitrogen and oxygen atoms in total. The van der Waals surface area contributed by atoms with Gasteiger partial charge in [-0.25, -0.2) is 0 Å². The van der Waals surface area contributed by atoms with Gasteiger partial charge >= 0.3 is 5.97 Å². The standard InChI is InChI=1S/C14H22N2O4/c1-2-9-7-10(11(8-9)14(19)20)13(18)16-5-3-12(17)15-4-6-16/h9-11H,2-8H2,1H3,(H,15,17)(H,19,20)/t9?,10-,11+/m0/s1. The Morgan fingerprint density at radius 3 is 2.65 bits per heavy atom. The summed E-state index contributed by atoms with van der Waals surface area (Å²) in [6, 6.07) is 0. The SMILES string of the molecule is CCC1C[C@H](C(=O)N2CCNC(=O)CC2)[C@H](C(=O)O)C1. The largest absolute Gasteiger partial charge is 0.481 e. The molecule has 2 aliphatic rings. The molecular weight excluding hydrogens is 260 g/mol. The molecule has 2 amide bonds. The van der Waals surface area contributed by atoms with Crippen LogP contribution in [0.25, 0.3) is 0 Å². The molecule has 1 saturated heterocycles. The Morgan fingerprint density at radius 1 is 1.30 bits per heavy atom. The van der Waals surface area contributed by atoms with Crippen LogP contribution in [0.1, 0.15) is 32.6 Å². The molecule has 0 bridgehead atoms. The third-order valence-corrected chi connectivity index (χ3v) is 4.50. The maximum Gasteiger partial charge on any atom is 0.307 e. The molecule has 20 heavy (non-hydrogen) atoms. The third kappa shape index (κ3) is 3.11. The molecule has 6 heteroatoms. The van der Waals surface area contributed by atoms with Crippen LogP contribution in [0.3, 0.4) is 0 Å². The van der Waals surface area contributed by atoms with E-state index in [-0.39, 0.29) is 11.8 Å². The van der Waals surface area contributed by atoms with Gasteiger partial charge in [-0.3, -0.25) is 14.4 Å². The molecule has 0 aromatic rings. The third-order valence-electron chi connectivity index (χ3n) is 4.50. The van der Waals surface area contributed by atoms with Crippen LogP contribution in [0.4, 0.5) is 0 Å². The van der Waals surface area contributed by atoms with Gasteiger partial charge in [-0.1, -0.05) is 13.3 Å². The first kappa shape index (κ1) is 14.8. The fourth-order valence-electron chi connectivity index (χ4n) is 3.24. The highest BCUT2D eigenvalue weighted by Crippen LogP contribution is 2.39. The minimum absolute atomic E-state index is 0.0482. The van der Waals surface area contributed by atoms with Crippen molar-refractivity contribution in [2.24, 2.45) is 17.8 Å². The van der Waals surface area contributed by atoms with Crippen LogP contribution in [0.15, 0.2) is 0 Å². The number of carbonyl (C=O) groups is 3. The van der Waals surface area contributed by atoms with E-state index >= 15 is 0 Å². The Hall–Kier alpha value is -1.59. The first-order valence-corrected chi connectivity index (χ1v) is 7.31. The van der Waals surface area contributed by atoms with Crippen molar-refractivity contribution in [3.8, 4) is 0 Å². The van der Waals surface area contributed by atoms with Gasteiger partial charge in [0.2, 0.25) is 11.8 Å². The summed E-state index contributed by atoms with van der Waals surface area (Å²) in [6.07, 6.45) is 2.46. The van der Waals surface area contributed by atoms with Gasteiger partial charge in [-0.2, -0.15) is 0 Å². The van der Waals surface area contributed by atoms with Crippen molar-refractivity contribution in [1.29, 1.82) is 0 Å². The van der Waals surface area contributed by atoms with Gasteiger partial charge < -0.3 is 15.3 Å². The molecule has 1 aliphatic carbocycles. The molecule has 1 aliphatic heterocycles. The predicted molar refractivity (Wildman–Crippen MR) is 71.8 cm³/mol. The number of aliphatic carboxylic acids is 1. The highest BCUT2D eigenvalue weighted by molar-refractivity contribution is 5.86. The number of carbonyl (C=O) groups excluding carboxylic acids is 2. The second-order valence-electron chi connectivity index (χ2n) is 5.72. The molecule has 2 fully saturated rings. The van der Waals surface area contributed by atoms with E-state index < -0.39 is 17.8 Å². The maximum absolute atomic E-state index is 12.6. The molecule has 1 saturated carbocycles. The van der Waals surface area contributed by atoms with E-state index in [2.05, 4.69) is 5.32 Å².